The Balaban J connectivity index is 1.52. The van der Waals surface area contributed by atoms with Crippen LogP contribution in [0.2, 0.25) is 0 Å². The Hall–Kier alpha value is -2.55. The quantitative estimate of drug-likeness (QED) is 0.861. The Kier molecular flexibility index (Phi) is 4.55. The Morgan fingerprint density at radius 3 is 2.74 bits per heavy atom. The van der Waals surface area contributed by atoms with E-state index in [4.69, 9.17) is 4.74 Å². The summed E-state index contributed by atoms with van der Waals surface area (Å²) < 4.78 is 44.4. The number of amidine groups is 1. The summed E-state index contributed by atoms with van der Waals surface area (Å²) in [5.74, 6) is 2.32. The van der Waals surface area contributed by atoms with E-state index in [0.717, 1.165) is 36.9 Å². The van der Waals surface area contributed by atoms with E-state index in [1.54, 1.807) is 6.92 Å². The first-order chi connectivity index (χ1) is 12.9. The SMILES string of the molecule is Cc1cc(C(F)(F)F)cc2[nH]c(CC3=NCC=C(N4CCOCC4)N3)nc12. The molecule has 0 bridgehead atoms. The number of H-pyrrole nitrogens is 1. The van der Waals surface area contributed by atoms with E-state index in [0.29, 0.717) is 48.6 Å². The van der Waals surface area contributed by atoms with Crippen LogP contribution in [0.1, 0.15) is 17.0 Å². The van der Waals surface area contributed by atoms with Crippen molar-refractivity contribution < 1.29 is 17.9 Å². The first-order valence-electron chi connectivity index (χ1n) is 8.80. The van der Waals surface area contributed by atoms with Gasteiger partial charge in [-0.25, -0.2) is 4.98 Å². The van der Waals surface area contributed by atoms with Gasteiger partial charge in [-0.3, -0.25) is 4.99 Å². The number of hydrogen-bond acceptors (Lipinski definition) is 5. The first kappa shape index (κ1) is 17.8. The van der Waals surface area contributed by atoms with Crippen molar-refractivity contribution in [3.8, 4) is 0 Å². The van der Waals surface area contributed by atoms with Crippen molar-refractivity contribution in [3.05, 3.63) is 41.0 Å². The molecule has 144 valence electrons. The minimum absolute atomic E-state index is 0.387. The third kappa shape index (κ3) is 3.78. The first-order valence-corrected chi connectivity index (χ1v) is 8.80. The lowest BCUT2D eigenvalue weighted by molar-refractivity contribution is -0.137. The molecule has 2 N–H and O–H groups in total. The molecule has 1 fully saturated rings. The summed E-state index contributed by atoms with van der Waals surface area (Å²) in [6, 6.07) is 2.23. The summed E-state index contributed by atoms with van der Waals surface area (Å²) in [6.45, 7) is 5.21. The lowest BCUT2D eigenvalue weighted by atomic mass is 10.1. The second kappa shape index (κ2) is 6.88. The van der Waals surface area contributed by atoms with Crippen molar-refractivity contribution >= 4 is 16.9 Å². The molecule has 6 nitrogen and oxygen atoms in total. The lowest BCUT2D eigenvalue weighted by Gasteiger charge is -2.32. The summed E-state index contributed by atoms with van der Waals surface area (Å²) in [5, 5.41) is 3.31. The maximum atomic E-state index is 13.0. The number of aliphatic imine (C=N–C) groups is 1. The van der Waals surface area contributed by atoms with Crippen LogP contribution in [-0.4, -0.2) is 53.6 Å². The van der Waals surface area contributed by atoms with Crippen molar-refractivity contribution in [3.63, 3.8) is 0 Å². The molecule has 0 spiro atoms. The predicted molar refractivity (Wildman–Crippen MR) is 95.4 cm³/mol. The van der Waals surface area contributed by atoms with E-state index in [2.05, 4.69) is 25.2 Å². The molecule has 0 saturated carbocycles. The van der Waals surface area contributed by atoms with E-state index in [1.807, 2.05) is 6.08 Å². The van der Waals surface area contributed by atoms with Gasteiger partial charge < -0.3 is 19.9 Å². The average Bonchev–Trinajstić information content (AvgIpc) is 3.05. The van der Waals surface area contributed by atoms with Crippen LogP contribution in [0.4, 0.5) is 13.2 Å². The molecule has 1 aromatic carbocycles. The molecule has 2 aliphatic heterocycles. The summed E-state index contributed by atoms with van der Waals surface area (Å²) in [7, 11) is 0. The number of aromatic nitrogens is 2. The van der Waals surface area contributed by atoms with Gasteiger partial charge in [-0.1, -0.05) is 0 Å². The zero-order valence-corrected chi connectivity index (χ0v) is 14.9. The third-order valence-electron chi connectivity index (χ3n) is 4.68. The summed E-state index contributed by atoms with van der Waals surface area (Å²) in [4.78, 5) is 14.1. The normalized spacial score (nSPS) is 18.3. The Labute approximate surface area is 154 Å². The molecule has 2 aliphatic rings. The van der Waals surface area contributed by atoms with E-state index >= 15 is 0 Å². The summed E-state index contributed by atoms with van der Waals surface area (Å²) in [6.07, 6.45) is -1.96. The molecule has 4 rings (SSSR count). The zero-order chi connectivity index (χ0) is 19.0. The van der Waals surface area contributed by atoms with Crippen LogP contribution in [-0.2, 0) is 17.3 Å². The predicted octanol–water partition coefficient (Wildman–Crippen LogP) is 2.61. The van der Waals surface area contributed by atoms with Gasteiger partial charge in [0.15, 0.2) is 0 Å². The van der Waals surface area contributed by atoms with Gasteiger partial charge in [0.2, 0.25) is 0 Å². The van der Waals surface area contributed by atoms with Crippen LogP contribution in [0.25, 0.3) is 11.0 Å². The largest absolute Gasteiger partial charge is 0.416 e. The molecule has 0 unspecified atom stereocenters. The van der Waals surface area contributed by atoms with Crippen LogP contribution in [0.5, 0.6) is 0 Å². The summed E-state index contributed by atoms with van der Waals surface area (Å²) in [5.41, 5.74) is 0.763. The van der Waals surface area contributed by atoms with Gasteiger partial charge in [-0.15, -0.1) is 0 Å². The number of benzene rings is 1. The second-order valence-electron chi connectivity index (χ2n) is 6.65. The van der Waals surface area contributed by atoms with Crippen LogP contribution in [0.3, 0.4) is 0 Å². The maximum absolute atomic E-state index is 13.0. The number of rotatable bonds is 3. The van der Waals surface area contributed by atoms with Crippen molar-refractivity contribution in [2.75, 3.05) is 32.8 Å². The highest BCUT2D eigenvalue weighted by atomic mass is 19.4. The molecule has 0 aliphatic carbocycles. The van der Waals surface area contributed by atoms with Crippen molar-refractivity contribution in [2.45, 2.75) is 19.5 Å². The maximum Gasteiger partial charge on any atom is 0.416 e. The number of imidazole rings is 1. The molecule has 27 heavy (non-hydrogen) atoms. The van der Waals surface area contributed by atoms with Gasteiger partial charge in [-0.05, 0) is 30.7 Å². The van der Waals surface area contributed by atoms with Gasteiger partial charge in [0.25, 0.3) is 0 Å². The van der Waals surface area contributed by atoms with Crippen molar-refractivity contribution in [1.82, 2.24) is 20.2 Å². The fourth-order valence-corrected chi connectivity index (χ4v) is 3.34. The number of fused-ring (bicyclic) bond motifs is 1. The number of ether oxygens (including phenoxy) is 1. The van der Waals surface area contributed by atoms with Crippen molar-refractivity contribution in [1.29, 1.82) is 0 Å². The van der Waals surface area contributed by atoms with Crippen LogP contribution < -0.4 is 5.32 Å². The molecule has 0 amide bonds. The third-order valence-corrected chi connectivity index (χ3v) is 4.68. The second-order valence-corrected chi connectivity index (χ2v) is 6.65. The fourth-order valence-electron chi connectivity index (χ4n) is 3.34. The minimum atomic E-state index is -4.38. The van der Waals surface area contributed by atoms with Crippen LogP contribution in [0, 0.1) is 6.92 Å². The summed E-state index contributed by atoms with van der Waals surface area (Å²) >= 11 is 0. The zero-order valence-electron chi connectivity index (χ0n) is 14.9. The van der Waals surface area contributed by atoms with Gasteiger partial charge >= 0.3 is 6.18 Å². The average molecular weight is 379 g/mol. The topological polar surface area (TPSA) is 65.5 Å². The van der Waals surface area contributed by atoms with Crippen LogP contribution in [0.15, 0.2) is 29.0 Å². The smallest absolute Gasteiger partial charge is 0.378 e. The number of hydrogen-bond donors (Lipinski definition) is 2. The fraction of sp³-hybridized carbons (Fsp3) is 0.444. The molecular formula is C18H20F3N5O. The van der Waals surface area contributed by atoms with E-state index in [9.17, 15) is 13.2 Å². The van der Waals surface area contributed by atoms with Gasteiger partial charge in [0.05, 0.1) is 42.8 Å². The number of alkyl halides is 3. The number of nitrogens with zero attached hydrogens (tertiary/aromatic N) is 3. The molecule has 3 heterocycles. The molecule has 2 aromatic rings. The van der Waals surface area contributed by atoms with E-state index < -0.39 is 11.7 Å². The number of aryl methyl sites for hydroxylation is 1. The van der Waals surface area contributed by atoms with Gasteiger partial charge in [-0.2, -0.15) is 13.2 Å². The van der Waals surface area contributed by atoms with Crippen LogP contribution >= 0.6 is 0 Å². The molecular weight excluding hydrogens is 359 g/mol. The molecule has 0 atom stereocenters. The lowest BCUT2D eigenvalue weighted by Crippen LogP contribution is -2.43. The highest BCUT2D eigenvalue weighted by Gasteiger charge is 2.31. The standard InChI is InChI=1S/C18H20F3N5O/c1-11-8-12(18(19,20)21)9-13-17(11)25-15(23-13)10-14-22-3-2-16(24-14)26-4-6-27-7-5-26/h2,8-9H,3-7,10H2,1H3,(H,22,24)(H,23,25). The molecule has 1 aromatic heterocycles. The Morgan fingerprint density at radius 2 is 2.00 bits per heavy atom. The van der Waals surface area contributed by atoms with E-state index in [-0.39, 0.29) is 0 Å². The molecule has 1 saturated heterocycles. The Morgan fingerprint density at radius 1 is 1.22 bits per heavy atom. The monoisotopic (exact) mass is 379 g/mol. The van der Waals surface area contributed by atoms with Gasteiger partial charge in [0, 0.05) is 13.1 Å². The number of nitrogens with one attached hydrogen (secondary N) is 2. The Bertz CT molecular complexity index is 910. The molecule has 9 heteroatoms. The minimum Gasteiger partial charge on any atom is -0.378 e. The highest BCUT2D eigenvalue weighted by Crippen LogP contribution is 2.32. The highest BCUT2D eigenvalue weighted by molar-refractivity contribution is 5.87. The number of halogens is 3. The van der Waals surface area contributed by atoms with E-state index in [1.165, 1.54) is 0 Å². The number of morpholine rings is 1. The molecule has 0 radical (unpaired) electrons. The van der Waals surface area contributed by atoms with Crippen molar-refractivity contribution in [2.24, 2.45) is 4.99 Å². The number of aromatic amines is 1. The van der Waals surface area contributed by atoms with Gasteiger partial charge in [0.1, 0.15) is 17.5 Å².